The number of piperidine rings is 1. The molecule has 1 N–H and O–H groups in total. The van der Waals surface area contributed by atoms with Crippen LogP contribution in [-0.2, 0) is 22.6 Å². The van der Waals surface area contributed by atoms with Crippen molar-refractivity contribution in [1.82, 2.24) is 10.2 Å². The Kier molecular flexibility index (Phi) is 7.79. The number of hydrogen-bond donors (Lipinski definition) is 1. The minimum absolute atomic E-state index is 0.0573. The molecule has 10 heteroatoms. The molecule has 1 aliphatic heterocycles. The van der Waals surface area contributed by atoms with Crippen LogP contribution >= 0.6 is 0 Å². The van der Waals surface area contributed by atoms with Gasteiger partial charge >= 0.3 is 12.4 Å². The van der Waals surface area contributed by atoms with Crippen molar-refractivity contribution in [1.29, 1.82) is 0 Å². The number of alkyl halides is 6. The van der Waals surface area contributed by atoms with E-state index in [1.807, 2.05) is 0 Å². The molecule has 36 heavy (non-hydrogen) atoms. The van der Waals surface area contributed by atoms with E-state index in [2.05, 4.69) is 5.32 Å². The Balaban J connectivity index is 2.05. The summed E-state index contributed by atoms with van der Waals surface area (Å²) in [6.07, 6.45) is -9.51. The van der Waals surface area contributed by atoms with Crippen LogP contribution in [0.4, 0.5) is 30.7 Å². The first-order valence-corrected chi connectivity index (χ1v) is 11.6. The van der Waals surface area contributed by atoms with Crippen molar-refractivity contribution in [3.05, 3.63) is 70.0 Å². The number of carbonyl (C=O) groups excluding carboxylic acids is 1. The van der Waals surface area contributed by atoms with Crippen LogP contribution in [0.5, 0.6) is 0 Å². The van der Waals surface area contributed by atoms with Gasteiger partial charge < -0.3 is 10.2 Å². The molecular weight excluding hydrogens is 489 g/mol. The largest absolute Gasteiger partial charge is 0.416 e. The van der Waals surface area contributed by atoms with Crippen LogP contribution < -0.4 is 5.32 Å². The van der Waals surface area contributed by atoms with Gasteiger partial charge in [-0.1, -0.05) is 6.07 Å². The molecule has 1 heterocycles. The SMILES string of the molecule is CCN(C(=O)C(C)(C)c1cc(C(F)(F)F)cc(C(F)(F)F)c1)[C@@H]1CCNC[C@H]1c1ccc(F)cc1C. The quantitative estimate of drug-likeness (QED) is 0.462. The van der Waals surface area contributed by atoms with E-state index in [1.54, 1.807) is 19.9 Å². The topological polar surface area (TPSA) is 32.3 Å². The van der Waals surface area contributed by atoms with Crippen molar-refractivity contribution in [3.8, 4) is 0 Å². The van der Waals surface area contributed by atoms with Gasteiger partial charge in [0.25, 0.3) is 0 Å². The van der Waals surface area contributed by atoms with E-state index in [1.165, 1.54) is 30.9 Å². The summed E-state index contributed by atoms with van der Waals surface area (Å²) in [7, 11) is 0. The Morgan fingerprint density at radius 2 is 1.53 bits per heavy atom. The lowest BCUT2D eigenvalue weighted by Gasteiger charge is -2.43. The molecule has 1 amide bonds. The molecule has 2 aromatic rings. The summed E-state index contributed by atoms with van der Waals surface area (Å²) >= 11 is 0. The summed E-state index contributed by atoms with van der Waals surface area (Å²) in [5.41, 5.74) is -3.43. The molecule has 2 atom stereocenters. The summed E-state index contributed by atoms with van der Waals surface area (Å²) in [4.78, 5) is 15.3. The van der Waals surface area contributed by atoms with Gasteiger partial charge in [-0.05, 0) is 87.7 Å². The van der Waals surface area contributed by atoms with Crippen molar-refractivity contribution in [2.45, 2.75) is 63.8 Å². The monoisotopic (exact) mass is 518 g/mol. The summed E-state index contributed by atoms with van der Waals surface area (Å²) in [5, 5.41) is 3.26. The molecule has 1 saturated heterocycles. The van der Waals surface area contributed by atoms with Crippen LogP contribution in [0.1, 0.15) is 60.9 Å². The van der Waals surface area contributed by atoms with E-state index < -0.39 is 40.6 Å². The van der Waals surface area contributed by atoms with Crippen molar-refractivity contribution in [2.75, 3.05) is 19.6 Å². The summed E-state index contributed by atoms with van der Waals surface area (Å²) in [5.74, 6) is -1.20. The molecule has 0 radical (unpaired) electrons. The number of benzene rings is 2. The van der Waals surface area contributed by atoms with Crippen LogP contribution in [0.15, 0.2) is 36.4 Å². The molecule has 1 fully saturated rings. The lowest BCUT2D eigenvalue weighted by molar-refractivity contribution is -0.144. The highest BCUT2D eigenvalue weighted by Gasteiger charge is 2.43. The van der Waals surface area contributed by atoms with Gasteiger partial charge in [-0.3, -0.25) is 4.79 Å². The number of hydrogen-bond acceptors (Lipinski definition) is 2. The molecule has 2 aromatic carbocycles. The summed E-state index contributed by atoms with van der Waals surface area (Å²) in [6, 6.07) is 5.29. The Labute approximate surface area is 205 Å². The van der Waals surface area contributed by atoms with Gasteiger partial charge in [-0.25, -0.2) is 4.39 Å². The second-order valence-corrected chi connectivity index (χ2v) is 9.68. The van der Waals surface area contributed by atoms with Gasteiger partial charge in [0, 0.05) is 25.0 Å². The van der Waals surface area contributed by atoms with E-state index in [4.69, 9.17) is 0 Å². The van der Waals surface area contributed by atoms with Crippen LogP contribution in [-0.4, -0.2) is 36.5 Å². The van der Waals surface area contributed by atoms with Gasteiger partial charge in [0.05, 0.1) is 16.5 Å². The van der Waals surface area contributed by atoms with Gasteiger partial charge in [-0.15, -0.1) is 0 Å². The Hall–Kier alpha value is -2.62. The lowest BCUT2D eigenvalue weighted by atomic mass is 9.78. The lowest BCUT2D eigenvalue weighted by Crippen LogP contribution is -2.54. The molecule has 0 aromatic heterocycles. The zero-order valence-electron chi connectivity index (χ0n) is 20.4. The molecule has 3 rings (SSSR count). The summed E-state index contributed by atoms with van der Waals surface area (Å²) < 4.78 is 94.4. The van der Waals surface area contributed by atoms with Crippen LogP contribution in [0.25, 0.3) is 0 Å². The minimum atomic E-state index is -5.01. The highest BCUT2D eigenvalue weighted by Crippen LogP contribution is 2.40. The molecule has 3 nitrogen and oxygen atoms in total. The molecule has 0 aliphatic carbocycles. The zero-order valence-corrected chi connectivity index (χ0v) is 20.4. The zero-order chi connectivity index (χ0) is 27.1. The summed E-state index contributed by atoms with van der Waals surface area (Å²) in [6.45, 7) is 7.43. The molecular formula is C26H29F7N2O. The number of amides is 1. The molecule has 0 spiro atoms. The fourth-order valence-corrected chi connectivity index (χ4v) is 4.92. The van der Waals surface area contributed by atoms with Crippen molar-refractivity contribution < 1.29 is 35.5 Å². The maximum atomic E-state index is 13.8. The Morgan fingerprint density at radius 1 is 0.972 bits per heavy atom. The van der Waals surface area contributed by atoms with E-state index in [-0.39, 0.29) is 30.1 Å². The van der Waals surface area contributed by atoms with E-state index in [9.17, 15) is 35.5 Å². The number of rotatable bonds is 5. The fraction of sp³-hybridized carbons (Fsp3) is 0.500. The maximum absolute atomic E-state index is 13.8. The van der Waals surface area contributed by atoms with Crippen molar-refractivity contribution in [2.24, 2.45) is 0 Å². The average Bonchev–Trinajstić information content (AvgIpc) is 2.78. The second-order valence-electron chi connectivity index (χ2n) is 9.68. The molecule has 0 unspecified atom stereocenters. The van der Waals surface area contributed by atoms with Crippen LogP contribution in [0.2, 0.25) is 0 Å². The third kappa shape index (κ3) is 5.68. The third-order valence-corrected chi connectivity index (χ3v) is 6.92. The number of aryl methyl sites for hydroxylation is 1. The van der Waals surface area contributed by atoms with Crippen molar-refractivity contribution in [3.63, 3.8) is 0 Å². The van der Waals surface area contributed by atoms with E-state index >= 15 is 0 Å². The normalized spacial score (nSPS) is 19.3. The molecule has 1 aliphatic rings. The average molecular weight is 519 g/mol. The molecule has 0 saturated carbocycles. The standard InChI is InChI=1S/C26H29F7N2O/c1-5-35(22-8-9-34-14-21(22)20-7-6-19(27)10-15(20)2)23(36)24(3,4)16-11-17(25(28,29)30)13-18(12-16)26(31,32)33/h6-7,10-13,21-22,34H,5,8-9,14H2,1-4H3/t21-,22+/m0/s1. The fourth-order valence-electron chi connectivity index (χ4n) is 4.92. The third-order valence-electron chi connectivity index (χ3n) is 6.92. The smallest absolute Gasteiger partial charge is 0.339 e. The highest BCUT2D eigenvalue weighted by molar-refractivity contribution is 5.88. The number of nitrogens with zero attached hydrogens (tertiary/aromatic N) is 1. The van der Waals surface area contributed by atoms with Gasteiger partial charge in [0.2, 0.25) is 5.91 Å². The number of halogens is 7. The molecule has 0 bridgehead atoms. The second kappa shape index (κ2) is 10.0. The van der Waals surface area contributed by atoms with E-state index in [0.717, 1.165) is 5.56 Å². The molecule has 198 valence electrons. The first-order valence-electron chi connectivity index (χ1n) is 11.6. The first-order chi connectivity index (χ1) is 16.6. The maximum Gasteiger partial charge on any atom is 0.416 e. The Bertz CT molecular complexity index is 1080. The number of nitrogens with one attached hydrogen (secondary N) is 1. The number of carbonyl (C=O) groups is 1. The number of likely N-dealkylation sites (N-methyl/N-ethyl adjacent to an activating group) is 1. The van der Waals surface area contributed by atoms with Crippen LogP contribution in [0, 0.1) is 12.7 Å². The first kappa shape index (κ1) is 28.0. The van der Waals surface area contributed by atoms with Crippen LogP contribution in [0.3, 0.4) is 0 Å². The van der Waals surface area contributed by atoms with Gasteiger partial charge in [0.15, 0.2) is 0 Å². The van der Waals surface area contributed by atoms with Gasteiger partial charge in [-0.2, -0.15) is 26.3 Å². The van der Waals surface area contributed by atoms with Gasteiger partial charge in [0.1, 0.15) is 5.82 Å². The van der Waals surface area contributed by atoms with E-state index in [0.29, 0.717) is 37.2 Å². The highest BCUT2D eigenvalue weighted by atomic mass is 19.4. The predicted octanol–water partition coefficient (Wildman–Crippen LogP) is 6.44. The predicted molar refractivity (Wildman–Crippen MR) is 122 cm³/mol. The van der Waals surface area contributed by atoms with Crippen molar-refractivity contribution >= 4 is 5.91 Å². The Morgan fingerprint density at radius 3 is 2.03 bits per heavy atom. The minimum Gasteiger partial charge on any atom is -0.339 e.